The lowest BCUT2D eigenvalue weighted by atomic mass is 10.0. The summed E-state index contributed by atoms with van der Waals surface area (Å²) in [4.78, 5) is 25.6. The van der Waals surface area contributed by atoms with Gasteiger partial charge in [-0.1, -0.05) is 35.0 Å². The largest absolute Gasteiger partial charge is 0.377 e. The fourth-order valence-electron chi connectivity index (χ4n) is 5.14. The average Bonchev–Trinajstić information content (AvgIpc) is 3.52. The minimum atomic E-state index is -0.417. The Bertz CT molecular complexity index is 1530. The highest BCUT2D eigenvalue weighted by molar-refractivity contribution is 6.30. The van der Waals surface area contributed by atoms with Crippen LogP contribution in [0.3, 0.4) is 0 Å². The number of imidazole rings is 1. The smallest absolute Gasteiger partial charge is 0.280 e. The first-order valence-corrected chi connectivity index (χ1v) is 12.4. The second-order valence-corrected chi connectivity index (χ2v) is 9.94. The van der Waals surface area contributed by atoms with Gasteiger partial charge in [0.15, 0.2) is 11.3 Å². The number of anilines is 1. The van der Waals surface area contributed by atoms with E-state index in [9.17, 15) is 4.79 Å². The van der Waals surface area contributed by atoms with Crippen LogP contribution in [0.5, 0.6) is 0 Å². The predicted octanol–water partition coefficient (Wildman–Crippen LogP) is 4.66. The van der Waals surface area contributed by atoms with Crippen LogP contribution in [0.1, 0.15) is 65.5 Å². The molecule has 0 N–H and O–H groups in total. The number of aryl methyl sites for hydroxylation is 2. The second-order valence-electron chi connectivity index (χ2n) is 9.50. The Morgan fingerprint density at radius 2 is 1.94 bits per heavy atom. The number of ether oxygens (including phenoxy) is 1. The minimum Gasteiger partial charge on any atom is -0.377 e. The molecule has 3 aromatic heterocycles. The van der Waals surface area contributed by atoms with Crippen molar-refractivity contribution in [2.75, 3.05) is 18.1 Å². The molecule has 10 heteroatoms. The molecule has 0 saturated heterocycles. The first-order chi connectivity index (χ1) is 17.3. The molecule has 4 aromatic rings. The van der Waals surface area contributed by atoms with Gasteiger partial charge in [-0.05, 0) is 62.1 Å². The molecular formula is C26H26ClN7O2. The maximum atomic E-state index is 14.1. The number of hydrogen-bond acceptors (Lipinski definition) is 6. The average molecular weight is 504 g/mol. The predicted molar refractivity (Wildman–Crippen MR) is 137 cm³/mol. The third kappa shape index (κ3) is 3.45. The van der Waals surface area contributed by atoms with Crippen molar-refractivity contribution in [2.45, 2.75) is 39.3 Å². The van der Waals surface area contributed by atoms with Gasteiger partial charge in [0.05, 0.1) is 18.9 Å². The Morgan fingerprint density at radius 1 is 1.17 bits per heavy atom. The molecule has 0 aliphatic carbocycles. The Labute approximate surface area is 213 Å². The van der Waals surface area contributed by atoms with Crippen LogP contribution in [0.15, 0.2) is 36.4 Å². The Morgan fingerprint density at radius 3 is 2.64 bits per heavy atom. The van der Waals surface area contributed by atoms with Gasteiger partial charge in [0, 0.05) is 18.1 Å². The number of halogens is 1. The zero-order valence-electron chi connectivity index (χ0n) is 20.6. The fraction of sp³-hybridized carbons (Fsp3) is 0.346. The number of benzene rings is 1. The fourth-order valence-corrected chi connectivity index (χ4v) is 5.27. The van der Waals surface area contributed by atoms with Crippen molar-refractivity contribution < 1.29 is 9.53 Å². The molecular weight excluding hydrogens is 478 g/mol. The molecule has 0 unspecified atom stereocenters. The van der Waals surface area contributed by atoms with Gasteiger partial charge in [-0.15, -0.1) is 5.10 Å². The minimum absolute atomic E-state index is 0.0843. The SMILES string of the molecule is Cc1cc(N2C(=O)c3nc(C4=CCOCC4)n(C(C)C)c3[C@H]2c2ccc(Cl)cc2)nc2c1nnn2C. The highest BCUT2D eigenvalue weighted by atomic mass is 35.5. The van der Waals surface area contributed by atoms with E-state index in [1.54, 1.807) is 16.6 Å². The molecule has 184 valence electrons. The molecule has 9 nitrogen and oxygen atoms in total. The Kier molecular flexibility index (Phi) is 5.42. The normalized spacial score (nSPS) is 17.8. The lowest BCUT2D eigenvalue weighted by Gasteiger charge is -2.28. The summed E-state index contributed by atoms with van der Waals surface area (Å²) < 4.78 is 9.34. The molecule has 2 aliphatic heterocycles. The van der Waals surface area contributed by atoms with E-state index < -0.39 is 6.04 Å². The molecule has 0 radical (unpaired) electrons. The molecule has 0 saturated carbocycles. The summed E-state index contributed by atoms with van der Waals surface area (Å²) in [5, 5.41) is 8.97. The van der Waals surface area contributed by atoms with Crippen molar-refractivity contribution in [3.8, 4) is 0 Å². The van der Waals surface area contributed by atoms with E-state index in [0.717, 1.165) is 34.6 Å². The number of nitrogens with zero attached hydrogens (tertiary/aromatic N) is 7. The van der Waals surface area contributed by atoms with Gasteiger partial charge in [-0.3, -0.25) is 9.69 Å². The van der Waals surface area contributed by atoms with Crippen LogP contribution in [0.25, 0.3) is 16.7 Å². The maximum absolute atomic E-state index is 14.1. The highest BCUT2D eigenvalue weighted by Gasteiger charge is 2.45. The third-order valence-electron chi connectivity index (χ3n) is 6.82. The number of carbonyl (C=O) groups excluding carboxylic acids is 1. The number of carbonyl (C=O) groups is 1. The van der Waals surface area contributed by atoms with Gasteiger partial charge in [0.2, 0.25) is 0 Å². The van der Waals surface area contributed by atoms with Crippen LogP contribution >= 0.6 is 11.6 Å². The topological polar surface area (TPSA) is 91.0 Å². The number of rotatable bonds is 4. The lowest BCUT2D eigenvalue weighted by molar-refractivity contribution is 0.0988. The van der Waals surface area contributed by atoms with Crippen LogP contribution in [0, 0.1) is 6.92 Å². The van der Waals surface area contributed by atoms with Crippen molar-refractivity contribution in [3.05, 3.63) is 69.8 Å². The van der Waals surface area contributed by atoms with Gasteiger partial charge in [0.25, 0.3) is 5.91 Å². The van der Waals surface area contributed by atoms with Crippen molar-refractivity contribution in [1.82, 2.24) is 29.5 Å². The number of amides is 1. The summed E-state index contributed by atoms with van der Waals surface area (Å²) >= 11 is 6.23. The van der Waals surface area contributed by atoms with Gasteiger partial charge in [-0.2, -0.15) is 0 Å². The molecule has 0 bridgehead atoms. The van der Waals surface area contributed by atoms with Crippen LogP contribution in [-0.2, 0) is 11.8 Å². The van der Waals surface area contributed by atoms with Crippen LogP contribution in [0.2, 0.25) is 5.02 Å². The van der Waals surface area contributed by atoms with E-state index in [1.165, 1.54) is 0 Å². The first-order valence-electron chi connectivity index (χ1n) is 12.0. The van der Waals surface area contributed by atoms with Crippen molar-refractivity contribution >= 4 is 40.1 Å². The molecule has 36 heavy (non-hydrogen) atoms. The quantitative estimate of drug-likeness (QED) is 0.402. The van der Waals surface area contributed by atoms with Gasteiger partial charge < -0.3 is 9.30 Å². The van der Waals surface area contributed by atoms with Gasteiger partial charge >= 0.3 is 0 Å². The third-order valence-corrected chi connectivity index (χ3v) is 7.07. The molecule has 1 atom stereocenters. The van der Waals surface area contributed by atoms with Crippen LogP contribution in [-0.4, -0.2) is 48.6 Å². The first kappa shape index (κ1) is 22.9. The summed E-state index contributed by atoms with van der Waals surface area (Å²) in [5.41, 5.74) is 5.59. The standard InChI is InChI=1S/C26H26ClN7O2/c1-14(2)33-23-21(29-24(33)17-9-11-36-12-10-17)26(35)34(22(23)16-5-7-18(27)8-6-16)19-13-15(3)20-25(28-19)32(4)31-30-20/h5-9,13-14,22H,10-12H2,1-4H3/t22-/m1/s1. The molecule has 0 fully saturated rings. The van der Waals surface area contributed by atoms with Crippen molar-refractivity contribution in [1.29, 1.82) is 0 Å². The maximum Gasteiger partial charge on any atom is 0.280 e. The molecule has 1 aromatic carbocycles. The highest BCUT2D eigenvalue weighted by Crippen LogP contribution is 2.44. The van der Waals surface area contributed by atoms with Gasteiger partial charge in [0.1, 0.15) is 23.2 Å². The van der Waals surface area contributed by atoms with Crippen LogP contribution in [0.4, 0.5) is 5.82 Å². The molecule has 5 heterocycles. The Balaban J connectivity index is 1.59. The van der Waals surface area contributed by atoms with Crippen molar-refractivity contribution in [3.63, 3.8) is 0 Å². The summed E-state index contributed by atoms with van der Waals surface area (Å²) in [5.74, 6) is 1.19. The summed E-state index contributed by atoms with van der Waals surface area (Å²) in [7, 11) is 1.80. The lowest BCUT2D eigenvalue weighted by Crippen LogP contribution is -2.31. The number of pyridine rings is 1. The van der Waals surface area contributed by atoms with E-state index in [1.807, 2.05) is 37.3 Å². The number of aromatic nitrogens is 6. The number of hydrogen-bond donors (Lipinski definition) is 0. The van der Waals surface area contributed by atoms with Gasteiger partial charge in [-0.25, -0.2) is 14.6 Å². The zero-order valence-corrected chi connectivity index (χ0v) is 21.3. The Hall–Kier alpha value is -3.56. The van der Waals surface area contributed by atoms with E-state index in [2.05, 4.69) is 34.8 Å². The summed E-state index contributed by atoms with van der Waals surface area (Å²) in [6.45, 7) is 7.38. The van der Waals surface area contributed by atoms with E-state index in [4.69, 9.17) is 26.3 Å². The number of fused-ring (bicyclic) bond motifs is 2. The monoisotopic (exact) mass is 503 g/mol. The molecule has 0 spiro atoms. The second kappa shape index (κ2) is 8.53. The van der Waals surface area contributed by atoms with E-state index >= 15 is 0 Å². The van der Waals surface area contributed by atoms with Crippen molar-refractivity contribution in [2.24, 2.45) is 7.05 Å². The summed E-state index contributed by atoms with van der Waals surface area (Å²) in [6.07, 6.45) is 2.82. The van der Waals surface area contributed by atoms with Crippen LogP contribution < -0.4 is 4.90 Å². The summed E-state index contributed by atoms with van der Waals surface area (Å²) in [6, 6.07) is 9.19. The van der Waals surface area contributed by atoms with E-state index in [0.29, 0.717) is 40.9 Å². The zero-order chi connectivity index (χ0) is 25.1. The molecule has 1 amide bonds. The molecule has 2 aliphatic rings. The molecule has 6 rings (SSSR count). The van der Waals surface area contributed by atoms with E-state index in [-0.39, 0.29) is 11.9 Å².